The Labute approximate surface area is 192 Å². The number of hydrogen-bond donors (Lipinski definition) is 1. The normalized spacial score (nSPS) is 11.0. The van der Waals surface area contributed by atoms with E-state index in [0.717, 1.165) is 27.2 Å². The quantitative estimate of drug-likeness (QED) is 0.361. The van der Waals surface area contributed by atoms with Gasteiger partial charge in [-0.15, -0.1) is 10.2 Å². The van der Waals surface area contributed by atoms with Crippen LogP contribution in [0.2, 0.25) is 0 Å². The number of nitrogens with zero attached hydrogens (tertiary/aromatic N) is 5. The molecule has 5 rings (SSSR count). The Kier molecular flexibility index (Phi) is 5.66. The molecule has 7 nitrogen and oxygen atoms in total. The van der Waals surface area contributed by atoms with Crippen LogP contribution in [0.1, 0.15) is 5.56 Å². The number of amides is 1. The minimum absolute atomic E-state index is 0.120. The zero-order valence-corrected chi connectivity index (χ0v) is 18.7. The predicted molar refractivity (Wildman–Crippen MR) is 128 cm³/mol. The van der Waals surface area contributed by atoms with E-state index in [9.17, 15) is 4.79 Å². The standard InChI is InChI=1S/C23H18N6OS2/c1-15-3-8-19-20(13-15)32-23(25-19)26-21(30)14-31-22-10-9-18(27-28-22)16-4-6-17(7-5-16)29-12-2-11-24-29/h2-13H,14H2,1H3,(H,25,26,30). The number of rotatable bonds is 6. The molecule has 0 radical (unpaired) electrons. The van der Waals surface area contributed by atoms with Crippen molar-refractivity contribution in [2.24, 2.45) is 0 Å². The Balaban J connectivity index is 1.18. The molecule has 0 saturated carbocycles. The summed E-state index contributed by atoms with van der Waals surface area (Å²) in [5.41, 5.74) is 4.78. The van der Waals surface area contributed by atoms with Crippen molar-refractivity contribution in [1.29, 1.82) is 0 Å². The van der Waals surface area contributed by atoms with E-state index in [1.807, 2.05) is 67.7 Å². The second kappa shape index (κ2) is 8.89. The van der Waals surface area contributed by atoms with Crippen LogP contribution in [-0.2, 0) is 4.79 Å². The fourth-order valence-corrected chi connectivity index (χ4v) is 4.73. The lowest BCUT2D eigenvalue weighted by Gasteiger charge is -2.05. The number of benzene rings is 2. The van der Waals surface area contributed by atoms with Gasteiger partial charge in [-0.3, -0.25) is 4.79 Å². The van der Waals surface area contributed by atoms with E-state index in [-0.39, 0.29) is 11.7 Å². The number of thiazole rings is 1. The molecule has 0 bridgehead atoms. The van der Waals surface area contributed by atoms with Gasteiger partial charge in [0.2, 0.25) is 5.91 Å². The van der Waals surface area contributed by atoms with E-state index < -0.39 is 0 Å². The van der Waals surface area contributed by atoms with Crippen molar-refractivity contribution >= 4 is 44.4 Å². The fourth-order valence-electron chi connectivity index (χ4n) is 3.14. The number of fused-ring (bicyclic) bond motifs is 1. The Hall–Kier alpha value is -3.56. The lowest BCUT2D eigenvalue weighted by atomic mass is 10.1. The summed E-state index contributed by atoms with van der Waals surface area (Å²) < 4.78 is 2.86. The third kappa shape index (κ3) is 4.53. The third-order valence-corrected chi connectivity index (χ3v) is 6.57. The van der Waals surface area contributed by atoms with Crippen molar-refractivity contribution < 1.29 is 4.79 Å². The zero-order valence-electron chi connectivity index (χ0n) is 17.1. The van der Waals surface area contributed by atoms with Crippen LogP contribution in [0.3, 0.4) is 0 Å². The summed E-state index contributed by atoms with van der Waals surface area (Å²) in [4.78, 5) is 16.8. The van der Waals surface area contributed by atoms with Gasteiger partial charge in [-0.2, -0.15) is 5.10 Å². The maximum atomic E-state index is 12.3. The molecule has 1 N–H and O–H groups in total. The van der Waals surface area contributed by atoms with E-state index >= 15 is 0 Å². The smallest absolute Gasteiger partial charge is 0.236 e. The molecule has 32 heavy (non-hydrogen) atoms. The second-order valence-corrected chi connectivity index (χ2v) is 9.11. The Morgan fingerprint density at radius 1 is 1.09 bits per heavy atom. The highest BCUT2D eigenvalue weighted by molar-refractivity contribution is 7.99. The molecule has 158 valence electrons. The molecule has 1 amide bonds. The van der Waals surface area contributed by atoms with Gasteiger partial charge in [0, 0.05) is 18.0 Å². The number of nitrogens with one attached hydrogen (secondary N) is 1. The van der Waals surface area contributed by atoms with Gasteiger partial charge in [-0.1, -0.05) is 41.3 Å². The molecule has 0 aliphatic carbocycles. The first-order valence-electron chi connectivity index (χ1n) is 9.88. The lowest BCUT2D eigenvalue weighted by molar-refractivity contribution is -0.113. The van der Waals surface area contributed by atoms with E-state index in [4.69, 9.17) is 0 Å². The van der Waals surface area contributed by atoms with Crippen molar-refractivity contribution in [3.63, 3.8) is 0 Å². The highest BCUT2D eigenvalue weighted by atomic mass is 32.2. The monoisotopic (exact) mass is 458 g/mol. The Bertz CT molecular complexity index is 1360. The molecule has 3 heterocycles. The first-order valence-corrected chi connectivity index (χ1v) is 11.7. The molecule has 5 aromatic rings. The van der Waals surface area contributed by atoms with Crippen LogP contribution in [0.4, 0.5) is 5.13 Å². The van der Waals surface area contributed by atoms with E-state index in [1.165, 1.54) is 28.7 Å². The largest absolute Gasteiger partial charge is 0.301 e. The summed E-state index contributed by atoms with van der Waals surface area (Å²) in [5, 5.41) is 17.0. The van der Waals surface area contributed by atoms with Gasteiger partial charge < -0.3 is 5.32 Å². The maximum absolute atomic E-state index is 12.3. The van der Waals surface area contributed by atoms with Crippen LogP contribution in [0.5, 0.6) is 0 Å². The molecule has 0 fully saturated rings. The average Bonchev–Trinajstić information content (AvgIpc) is 3.48. The molecule has 0 aliphatic rings. The zero-order chi connectivity index (χ0) is 21.9. The van der Waals surface area contributed by atoms with Crippen molar-refractivity contribution in [2.75, 3.05) is 11.1 Å². The summed E-state index contributed by atoms with van der Waals surface area (Å²) in [6.07, 6.45) is 3.64. The van der Waals surface area contributed by atoms with Crippen LogP contribution in [0.25, 0.3) is 27.2 Å². The molecule has 9 heteroatoms. The molecule has 2 aromatic carbocycles. The van der Waals surface area contributed by atoms with Gasteiger partial charge in [-0.25, -0.2) is 9.67 Å². The summed E-state index contributed by atoms with van der Waals surface area (Å²) in [7, 11) is 0. The summed E-state index contributed by atoms with van der Waals surface area (Å²) >= 11 is 2.82. The highest BCUT2D eigenvalue weighted by Gasteiger charge is 2.10. The minimum atomic E-state index is -0.120. The summed E-state index contributed by atoms with van der Waals surface area (Å²) in [6.45, 7) is 2.04. The molecule has 0 unspecified atom stereocenters. The molecule has 0 atom stereocenters. The SMILES string of the molecule is Cc1ccc2nc(NC(=O)CSc3ccc(-c4ccc(-n5cccn5)cc4)nn3)sc2c1. The number of anilines is 1. The first-order chi connectivity index (χ1) is 15.6. The minimum Gasteiger partial charge on any atom is -0.301 e. The number of carbonyl (C=O) groups is 1. The summed E-state index contributed by atoms with van der Waals surface area (Å²) in [5.74, 6) is 0.118. The molecule has 0 saturated heterocycles. The Morgan fingerprint density at radius 2 is 1.97 bits per heavy atom. The van der Waals surface area contributed by atoms with E-state index in [0.29, 0.717) is 10.2 Å². The van der Waals surface area contributed by atoms with Gasteiger partial charge in [-0.05, 0) is 55.0 Å². The van der Waals surface area contributed by atoms with Crippen LogP contribution in [-0.4, -0.2) is 36.6 Å². The van der Waals surface area contributed by atoms with Gasteiger partial charge in [0.15, 0.2) is 5.13 Å². The average molecular weight is 459 g/mol. The highest BCUT2D eigenvalue weighted by Crippen LogP contribution is 2.27. The number of aryl methyl sites for hydroxylation is 1. The van der Waals surface area contributed by atoms with Crippen molar-refractivity contribution in [3.8, 4) is 16.9 Å². The van der Waals surface area contributed by atoms with Gasteiger partial charge in [0.1, 0.15) is 5.03 Å². The van der Waals surface area contributed by atoms with E-state index in [2.05, 4.69) is 31.7 Å². The molecular weight excluding hydrogens is 440 g/mol. The Morgan fingerprint density at radius 3 is 2.72 bits per heavy atom. The van der Waals surface area contributed by atoms with Crippen molar-refractivity contribution in [1.82, 2.24) is 25.0 Å². The molecule has 3 aromatic heterocycles. The number of thioether (sulfide) groups is 1. The molecule has 0 spiro atoms. The predicted octanol–water partition coefficient (Wildman–Crippen LogP) is 4.98. The fraction of sp³-hybridized carbons (Fsp3) is 0.0870. The molecule has 0 aliphatic heterocycles. The van der Waals surface area contributed by atoms with Crippen LogP contribution in [0, 0.1) is 6.92 Å². The van der Waals surface area contributed by atoms with Crippen LogP contribution < -0.4 is 5.32 Å². The topological polar surface area (TPSA) is 85.6 Å². The van der Waals surface area contributed by atoms with Gasteiger partial charge in [0.05, 0.1) is 27.4 Å². The van der Waals surface area contributed by atoms with Crippen LogP contribution in [0.15, 0.2) is 78.1 Å². The van der Waals surface area contributed by atoms with Crippen molar-refractivity contribution in [2.45, 2.75) is 11.9 Å². The van der Waals surface area contributed by atoms with Gasteiger partial charge >= 0.3 is 0 Å². The third-order valence-electron chi connectivity index (χ3n) is 4.71. The number of carbonyl (C=O) groups excluding carboxylic acids is 1. The second-order valence-electron chi connectivity index (χ2n) is 7.08. The lowest BCUT2D eigenvalue weighted by Crippen LogP contribution is -2.13. The molecular formula is C23H18N6OS2. The van der Waals surface area contributed by atoms with Crippen LogP contribution >= 0.6 is 23.1 Å². The maximum Gasteiger partial charge on any atom is 0.236 e. The summed E-state index contributed by atoms with van der Waals surface area (Å²) in [6, 6.07) is 19.7. The number of hydrogen-bond acceptors (Lipinski definition) is 7. The van der Waals surface area contributed by atoms with Gasteiger partial charge in [0.25, 0.3) is 0 Å². The number of aromatic nitrogens is 5. The first kappa shape index (κ1) is 20.3. The van der Waals surface area contributed by atoms with Crippen molar-refractivity contribution in [3.05, 3.63) is 78.6 Å². The van der Waals surface area contributed by atoms with E-state index in [1.54, 1.807) is 10.9 Å².